The van der Waals surface area contributed by atoms with Gasteiger partial charge in [0.2, 0.25) is 5.88 Å². The van der Waals surface area contributed by atoms with Gasteiger partial charge in [0.05, 0.1) is 0 Å². The molecule has 1 saturated heterocycles. The molecule has 0 unspecified atom stereocenters. The molecule has 0 saturated carbocycles. The molecule has 0 radical (unpaired) electrons. The Morgan fingerprint density at radius 2 is 1.56 bits per heavy atom. The first-order valence-electron chi connectivity index (χ1n) is 11.4. The number of furan rings is 1. The van der Waals surface area contributed by atoms with Crippen molar-refractivity contribution >= 4 is 17.5 Å². The van der Waals surface area contributed by atoms with Gasteiger partial charge in [0.1, 0.15) is 34.9 Å². The van der Waals surface area contributed by atoms with E-state index in [1.54, 1.807) is 0 Å². The van der Waals surface area contributed by atoms with Crippen LogP contribution in [0.4, 0.5) is 17.5 Å². The van der Waals surface area contributed by atoms with Crippen molar-refractivity contribution in [1.29, 1.82) is 5.26 Å². The van der Waals surface area contributed by atoms with Crippen LogP contribution in [0.25, 0.3) is 22.5 Å². The molecule has 0 amide bonds. The standard InChI is InChI=1S/C27H26N6O/c1-19-29-23(17-24(30-19)33-15-13-32(2)14-16-33)31-27-22(18-28)25(20-9-5-3-6-10-20)26(34-27)21-11-7-4-8-12-21/h3-12,17H,13-16H2,1-2H3,(H,29,30,31). The molecule has 3 heterocycles. The smallest absolute Gasteiger partial charge is 0.217 e. The Morgan fingerprint density at radius 1 is 0.912 bits per heavy atom. The Kier molecular flexibility index (Phi) is 5.98. The van der Waals surface area contributed by atoms with Crippen molar-refractivity contribution in [2.75, 3.05) is 43.4 Å². The monoisotopic (exact) mass is 450 g/mol. The number of benzene rings is 2. The predicted molar refractivity (Wildman–Crippen MR) is 134 cm³/mol. The number of anilines is 3. The molecule has 2 aromatic carbocycles. The van der Waals surface area contributed by atoms with E-state index in [0.717, 1.165) is 48.7 Å². The third kappa shape index (κ3) is 4.36. The highest BCUT2D eigenvalue weighted by molar-refractivity contribution is 5.89. The summed E-state index contributed by atoms with van der Waals surface area (Å²) in [6, 6.07) is 24.0. The van der Waals surface area contributed by atoms with Gasteiger partial charge in [-0.25, -0.2) is 9.97 Å². The Hall–Kier alpha value is -4.15. The highest BCUT2D eigenvalue weighted by Gasteiger charge is 2.24. The molecule has 0 atom stereocenters. The molecule has 0 bridgehead atoms. The Morgan fingerprint density at radius 3 is 2.21 bits per heavy atom. The van der Waals surface area contributed by atoms with E-state index in [-0.39, 0.29) is 0 Å². The Labute approximate surface area is 199 Å². The van der Waals surface area contributed by atoms with E-state index in [2.05, 4.69) is 38.2 Å². The van der Waals surface area contributed by atoms with Crippen molar-refractivity contribution < 1.29 is 4.42 Å². The Bertz CT molecular complexity index is 1320. The van der Waals surface area contributed by atoms with Gasteiger partial charge >= 0.3 is 0 Å². The summed E-state index contributed by atoms with van der Waals surface area (Å²) in [6.45, 7) is 5.68. The number of nitriles is 1. The van der Waals surface area contributed by atoms with E-state index in [1.807, 2.05) is 73.7 Å². The van der Waals surface area contributed by atoms with Gasteiger partial charge < -0.3 is 19.5 Å². The number of aryl methyl sites for hydroxylation is 1. The van der Waals surface area contributed by atoms with E-state index >= 15 is 0 Å². The van der Waals surface area contributed by atoms with Crippen molar-refractivity contribution in [3.8, 4) is 28.5 Å². The number of piperazine rings is 1. The zero-order valence-electron chi connectivity index (χ0n) is 19.3. The van der Waals surface area contributed by atoms with Crippen LogP contribution in [0.3, 0.4) is 0 Å². The van der Waals surface area contributed by atoms with E-state index < -0.39 is 0 Å². The first-order chi connectivity index (χ1) is 16.6. The number of nitrogens with one attached hydrogen (secondary N) is 1. The molecule has 2 aromatic heterocycles. The summed E-state index contributed by atoms with van der Waals surface area (Å²) in [4.78, 5) is 13.8. The van der Waals surface area contributed by atoms with Crippen molar-refractivity contribution in [3.63, 3.8) is 0 Å². The molecule has 7 nitrogen and oxygen atoms in total. The van der Waals surface area contributed by atoms with E-state index in [4.69, 9.17) is 4.42 Å². The average Bonchev–Trinajstić information content (AvgIpc) is 3.23. The summed E-state index contributed by atoms with van der Waals surface area (Å²) >= 11 is 0. The second-order valence-corrected chi connectivity index (χ2v) is 8.43. The lowest BCUT2D eigenvalue weighted by Crippen LogP contribution is -2.44. The highest BCUT2D eigenvalue weighted by atomic mass is 16.4. The zero-order valence-corrected chi connectivity index (χ0v) is 19.3. The SMILES string of the molecule is Cc1nc(Nc2oc(-c3ccccc3)c(-c3ccccc3)c2C#N)cc(N2CCN(C)CC2)n1. The third-order valence-electron chi connectivity index (χ3n) is 6.01. The predicted octanol–water partition coefficient (Wildman–Crippen LogP) is 5.08. The summed E-state index contributed by atoms with van der Waals surface area (Å²) < 4.78 is 6.31. The lowest BCUT2D eigenvalue weighted by Gasteiger charge is -2.33. The van der Waals surface area contributed by atoms with Gasteiger partial charge in [0.25, 0.3) is 0 Å². The summed E-state index contributed by atoms with van der Waals surface area (Å²) in [6.07, 6.45) is 0. The number of rotatable bonds is 5. The minimum atomic E-state index is 0.377. The fourth-order valence-corrected chi connectivity index (χ4v) is 4.23. The van der Waals surface area contributed by atoms with Crippen molar-refractivity contribution in [1.82, 2.24) is 14.9 Å². The maximum Gasteiger partial charge on any atom is 0.217 e. The number of aromatic nitrogens is 2. The normalized spacial score (nSPS) is 14.1. The molecule has 5 rings (SSSR count). The van der Waals surface area contributed by atoms with Crippen molar-refractivity contribution in [3.05, 3.63) is 78.1 Å². The van der Waals surface area contributed by atoms with Gasteiger partial charge in [-0.15, -0.1) is 0 Å². The van der Waals surface area contributed by atoms with Gasteiger partial charge in [-0.05, 0) is 19.5 Å². The number of hydrogen-bond donors (Lipinski definition) is 1. The summed E-state index contributed by atoms with van der Waals surface area (Å²) in [7, 11) is 2.13. The molecule has 1 aliphatic heterocycles. The van der Waals surface area contributed by atoms with Crippen LogP contribution in [0.2, 0.25) is 0 Å². The number of nitrogens with zero attached hydrogens (tertiary/aromatic N) is 5. The molecule has 1 fully saturated rings. The fraction of sp³-hybridized carbons (Fsp3) is 0.222. The molecule has 4 aromatic rings. The van der Waals surface area contributed by atoms with Crippen LogP contribution < -0.4 is 10.2 Å². The molecule has 0 spiro atoms. The minimum absolute atomic E-state index is 0.377. The first-order valence-corrected chi connectivity index (χ1v) is 11.4. The van der Waals surface area contributed by atoms with Crippen LogP contribution in [-0.4, -0.2) is 48.1 Å². The van der Waals surface area contributed by atoms with Gasteiger partial charge in [0.15, 0.2) is 0 Å². The zero-order chi connectivity index (χ0) is 23.5. The first kappa shape index (κ1) is 21.7. The molecular weight excluding hydrogens is 424 g/mol. The third-order valence-corrected chi connectivity index (χ3v) is 6.01. The van der Waals surface area contributed by atoms with Crippen LogP contribution in [0.1, 0.15) is 11.4 Å². The molecule has 0 aliphatic carbocycles. The van der Waals surface area contributed by atoms with E-state index in [9.17, 15) is 5.26 Å². The van der Waals surface area contributed by atoms with Gasteiger partial charge in [-0.2, -0.15) is 5.26 Å². The molecule has 1 aliphatic rings. The van der Waals surface area contributed by atoms with Gasteiger partial charge in [0, 0.05) is 43.4 Å². The second-order valence-electron chi connectivity index (χ2n) is 8.43. The van der Waals surface area contributed by atoms with Crippen LogP contribution in [0.15, 0.2) is 71.1 Å². The molecule has 170 valence electrons. The summed E-state index contributed by atoms with van der Waals surface area (Å²) in [5, 5.41) is 13.4. The largest absolute Gasteiger partial charge is 0.438 e. The highest BCUT2D eigenvalue weighted by Crippen LogP contribution is 2.42. The van der Waals surface area contributed by atoms with E-state index in [1.165, 1.54) is 0 Å². The van der Waals surface area contributed by atoms with Crippen molar-refractivity contribution in [2.24, 2.45) is 0 Å². The van der Waals surface area contributed by atoms with Crippen LogP contribution in [0, 0.1) is 18.3 Å². The van der Waals surface area contributed by atoms with Crippen LogP contribution in [0.5, 0.6) is 0 Å². The molecule has 34 heavy (non-hydrogen) atoms. The summed E-state index contributed by atoms with van der Waals surface area (Å²) in [5.41, 5.74) is 3.04. The number of hydrogen-bond acceptors (Lipinski definition) is 7. The Balaban J connectivity index is 1.56. The molecule has 1 N–H and O–H groups in total. The number of likely N-dealkylation sites (N-methyl/N-ethyl adjacent to an activating group) is 1. The van der Waals surface area contributed by atoms with E-state index in [0.29, 0.717) is 28.9 Å². The summed E-state index contributed by atoms with van der Waals surface area (Å²) in [5.74, 6) is 3.17. The lowest BCUT2D eigenvalue weighted by atomic mass is 9.98. The second kappa shape index (κ2) is 9.38. The molecular formula is C27H26N6O. The maximum absolute atomic E-state index is 10.1. The quantitative estimate of drug-likeness (QED) is 0.454. The van der Waals surface area contributed by atoms with Crippen molar-refractivity contribution in [2.45, 2.75) is 6.92 Å². The molecule has 7 heteroatoms. The maximum atomic E-state index is 10.1. The van der Waals surface area contributed by atoms with Gasteiger partial charge in [-0.3, -0.25) is 0 Å². The average molecular weight is 451 g/mol. The topological polar surface area (TPSA) is 81.2 Å². The van der Waals surface area contributed by atoms with Crippen LogP contribution in [-0.2, 0) is 0 Å². The minimum Gasteiger partial charge on any atom is -0.438 e. The lowest BCUT2D eigenvalue weighted by molar-refractivity contribution is 0.312. The van der Waals surface area contributed by atoms with Crippen LogP contribution >= 0.6 is 0 Å². The van der Waals surface area contributed by atoms with Gasteiger partial charge in [-0.1, -0.05) is 60.7 Å². The fourth-order valence-electron chi connectivity index (χ4n) is 4.23.